The third-order valence-electron chi connectivity index (χ3n) is 7.94. The fraction of sp³-hybridized carbons (Fsp3) is 0.545. The summed E-state index contributed by atoms with van der Waals surface area (Å²) in [5.41, 5.74) is 1.83. The van der Waals surface area contributed by atoms with Crippen LogP contribution in [0, 0.1) is 0 Å². The SMILES string of the molecule is CCCCC[N+](=C(C)CC)C(CC(C)NC(=NC1CCCC1)NC(=O)c1ccc(C(F)(F)F)cc1)c1ccc(Cl)cc1. The van der Waals surface area contributed by atoms with Crippen LogP contribution < -0.4 is 10.6 Å². The zero-order chi connectivity index (χ0) is 30.7. The van der Waals surface area contributed by atoms with Gasteiger partial charge in [0.05, 0.1) is 11.6 Å². The molecule has 0 heterocycles. The van der Waals surface area contributed by atoms with Gasteiger partial charge in [0.1, 0.15) is 12.3 Å². The molecule has 0 aromatic heterocycles. The van der Waals surface area contributed by atoms with E-state index in [9.17, 15) is 18.0 Å². The first-order valence-electron chi connectivity index (χ1n) is 15.2. The van der Waals surface area contributed by atoms with Crippen LogP contribution in [-0.2, 0) is 6.18 Å². The fourth-order valence-corrected chi connectivity index (χ4v) is 5.54. The lowest BCUT2D eigenvalue weighted by molar-refractivity contribution is -0.576. The van der Waals surface area contributed by atoms with Crippen LogP contribution in [0.1, 0.15) is 113 Å². The van der Waals surface area contributed by atoms with Gasteiger partial charge in [-0.25, -0.2) is 9.57 Å². The van der Waals surface area contributed by atoms with E-state index in [1.54, 1.807) is 0 Å². The molecule has 42 heavy (non-hydrogen) atoms. The average molecular weight is 606 g/mol. The van der Waals surface area contributed by atoms with Gasteiger partial charge in [-0.05, 0) is 62.6 Å². The van der Waals surface area contributed by atoms with E-state index < -0.39 is 17.6 Å². The topological polar surface area (TPSA) is 56.5 Å². The number of amides is 1. The Labute approximate surface area is 253 Å². The number of benzene rings is 2. The monoisotopic (exact) mass is 605 g/mol. The Morgan fingerprint density at radius 1 is 1.05 bits per heavy atom. The van der Waals surface area contributed by atoms with Crippen LogP contribution in [0.5, 0.6) is 0 Å². The highest BCUT2D eigenvalue weighted by atomic mass is 35.5. The van der Waals surface area contributed by atoms with Crippen LogP contribution in [0.3, 0.4) is 0 Å². The second kappa shape index (κ2) is 16.1. The van der Waals surface area contributed by atoms with E-state index in [-0.39, 0.29) is 23.7 Å². The van der Waals surface area contributed by atoms with E-state index >= 15 is 0 Å². The van der Waals surface area contributed by atoms with Crippen molar-refractivity contribution in [3.63, 3.8) is 0 Å². The van der Waals surface area contributed by atoms with Crippen LogP contribution in [0.25, 0.3) is 0 Å². The van der Waals surface area contributed by atoms with Gasteiger partial charge in [0.15, 0.2) is 12.0 Å². The minimum Gasteiger partial charge on any atom is -0.353 e. The third kappa shape index (κ3) is 10.1. The first-order valence-corrected chi connectivity index (χ1v) is 15.6. The summed E-state index contributed by atoms with van der Waals surface area (Å²) in [6, 6.07) is 12.4. The number of carbonyl (C=O) groups is 1. The van der Waals surface area contributed by atoms with Gasteiger partial charge in [0.2, 0.25) is 0 Å². The third-order valence-corrected chi connectivity index (χ3v) is 8.19. The van der Waals surface area contributed by atoms with Crippen LogP contribution in [0.2, 0.25) is 5.02 Å². The van der Waals surface area contributed by atoms with Crippen molar-refractivity contribution in [3.05, 3.63) is 70.2 Å². The number of rotatable bonds is 12. The molecule has 1 aliphatic rings. The number of hydrogen-bond acceptors (Lipinski definition) is 2. The van der Waals surface area contributed by atoms with Gasteiger partial charge in [-0.2, -0.15) is 13.2 Å². The summed E-state index contributed by atoms with van der Waals surface area (Å²) in [5.74, 6) is -0.131. The van der Waals surface area contributed by atoms with Crippen molar-refractivity contribution >= 4 is 29.2 Å². The second-order valence-electron chi connectivity index (χ2n) is 11.3. The lowest BCUT2D eigenvalue weighted by atomic mass is 9.98. The molecule has 2 N–H and O–H groups in total. The number of nitrogens with zero attached hydrogens (tertiary/aromatic N) is 2. The molecule has 1 amide bonds. The van der Waals surface area contributed by atoms with Crippen molar-refractivity contribution < 1.29 is 22.5 Å². The van der Waals surface area contributed by atoms with Gasteiger partial charge in [0.25, 0.3) is 5.91 Å². The normalized spacial score (nSPS) is 16.6. The number of nitrogens with one attached hydrogen (secondary N) is 2. The molecule has 0 spiro atoms. The summed E-state index contributed by atoms with van der Waals surface area (Å²) in [6.07, 6.45) is 4.67. The number of aliphatic imine (C=N–C) groups is 1. The van der Waals surface area contributed by atoms with Gasteiger partial charge < -0.3 is 5.32 Å². The summed E-state index contributed by atoms with van der Waals surface area (Å²) in [6.45, 7) is 9.58. The lowest BCUT2D eigenvalue weighted by Gasteiger charge is -2.24. The molecule has 1 aliphatic carbocycles. The van der Waals surface area contributed by atoms with Crippen molar-refractivity contribution in [2.75, 3.05) is 6.54 Å². The molecule has 9 heteroatoms. The van der Waals surface area contributed by atoms with Gasteiger partial charge >= 0.3 is 6.18 Å². The van der Waals surface area contributed by atoms with Gasteiger partial charge in [-0.1, -0.05) is 56.8 Å². The summed E-state index contributed by atoms with van der Waals surface area (Å²) in [7, 11) is 0. The van der Waals surface area contributed by atoms with Crippen molar-refractivity contribution in [3.8, 4) is 0 Å². The molecule has 2 aromatic rings. The highest BCUT2D eigenvalue weighted by Crippen LogP contribution is 2.29. The van der Waals surface area contributed by atoms with Gasteiger partial charge in [-0.3, -0.25) is 10.1 Å². The highest BCUT2D eigenvalue weighted by molar-refractivity contribution is 6.30. The molecule has 0 bridgehead atoms. The number of alkyl halides is 3. The Morgan fingerprint density at radius 2 is 1.69 bits per heavy atom. The van der Waals surface area contributed by atoms with E-state index in [0.717, 1.165) is 76.5 Å². The molecule has 5 nitrogen and oxygen atoms in total. The second-order valence-corrected chi connectivity index (χ2v) is 11.7. The smallest absolute Gasteiger partial charge is 0.353 e. The molecule has 230 valence electrons. The molecule has 1 saturated carbocycles. The zero-order valence-corrected chi connectivity index (χ0v) is 26.0. The van der Waals surface area contributed by atoms with E-state index in [0.29, 0.717) is 11.0 Å². The molecular weight excluding hydrogens is 561 g/mol. The van der Waals surface area contributed by atoms with Crippen molar-refractivity contribution in [1.82, 2.24) is 10.6 Å². The Balaban J connectivity index is 1.84. The van der Waals surface area contributed by atoms with E-state index in [1.165, 1.54) is 23.4 Å². The number of unbranched alkanes of at least 4 members (excludes halogenated alkanes) is 2. The van der Waals surface area contributed by atoms with Crippen molar-refractivity contribution in [2.45, 2.75) is 110 Å². The van der Waals surface area contributed by atoms with Crippen molar-refractivity contribution in [2.24, 2.45) is 4.99 Å². The summed E-state index contributed by atoms with van der Waals surface area (Å²) >= 11 is 6.23. The molecule has 0 aliphatic heterocycles. The quantitative estimate of drug-likeness (QED) is 0.110. The maximum absolute atomic E-state index is 13.1. The maximum atomic E-state index is 13.1. The van der Waals surface area contributed by atoms with Crippen LogP contribution in [0.15, 0.2) is 53.5 Å². The predicted octanol–water partition coefficient (Wildman–Crippen LogP) is 8.57. The fourth-order valence-electron chi connectivity index (χ4n) is 5.42. The Kier molecular flexibility index (Phi) is 12.9. The molecule has 1 fully saturated rings. The minimum absolute atomic E-state index is 0.0722. The first-order chi connectivity index (χ1) is 20.0. The Bertz CT molecular complexity index is 1200. The molecular formula is C33H45ClF3N4O+. The number of hydrogen-bond donors (Lipinski definition) is 2. The summed E-state index contributed by atoms with van der Waals surface area (Å²) in [4.78, 5) is 17.9. The minimum atomic E-state index is -4.46. The van der Waals surface area contributed by atoms with Gasteiger partial charge in [-0.15, -0.1) is 0 Å². The standard InChI is InChI=1S/C33H44ClF3N4O/c1-5-7-10-21-41(24(4)6-2)30(25-15-19-28(34)20-16-25)22-23(3)38-32(39-29-11-8-9-12-29)40-31(42)26-13-17-27(18-14-26)33(35,36)37/h13-20,23,29-30H,5-12,21-22H2,1-4H3,(H-,38,39,40,42)/p+1. The number of halogens is 4. The Morgan fingerprint density at radius 3 is 2.26 bits per heavy atom. The maximum Gasteiger partial charge on any atom is 0.416 e. The first kappa shape index (κ1) is 33.6. The Hall–Kier alpha value is -2.87. The highest BCUT2D eigenvalue weighted by Gasteiger charge is 2.31. The van der Waals surface area contributed by atoms with Crippen molar-refractivity contribution in [1.29, 1.82) is 0 Å². The number of guanidine groups is 1. The lowest BCUT2D eigenvalue weighted by Crippen LogP contribution is -2.46. The van der Waals surface area contributed by atoms with Gasteiger partial charge in [0, 0.05) is 48.4 Å². The molecule has 0 saturated heterocycles. The molecule has 2 aromatic carbocycles. The number of carbonyl (C=O) groups excluding carboxylic acids is 1. The average Bonchev–Trinajstić information content (AvgIpc) is 3.47. The largest absolute Gasteiger partial charge is 0.416 e. The zero-order valence-electron chi connectivity index (χ0n) is 25.2. The van der Waals surface area contributed by atoms with Crippen LogP contribution in [-0.4, -0.2) is 40.8 Å². The van der Waals surface area contributed by atoms with E-state index in [1.807, 2.05) is 12.1 Å². The van der Waals surface area contributed by atoms with E-state index in [2.05, 4.69) is 55.0 Å². The molecule has 2 atom stereocenters. The molecule has 3 rings (SSSR count). The predicted molar refractivity (Wildman–Crippen MR) is 166 cm³/mol. The van der Waals surface area contributed by atoms with E-state index in [4.69, 9.17) is 16.6 Å². The molecule has 2 unspecified atom stereocenters. The van der Waals surface area contributed by atoms with Crippen LogP contribution >= 0.6 is 11.6 Å². The summed E-state index contributed by atoms with van der Waals surface area (Å²) < 4.78 is 41.6. The summed E-state index contributed by atoms with van der Waals surface area (Å²) in [5, 5.41) is 6.99. The van der Waals surface area contributed by atoms with Crippen LogP contribution in [0.4, 0.5) is 13.2 Å². The molecule has 0 radical (unpaired) electrons.